The highest BCUT2D eigenvalue weighted by Gasteiger charge is 2.13. The summed E-state index contributed by atoms with van der Waals surface area (Å²) in [6, 6.07) is 4.83. The van der Waals surface area contributed by atoms with Crippen molar-refractivity contribution in [3.8, 4) is 0 Å². The molecule has 1 heterocycles. The lowest BCUT2D eigenvalue weighted by Gasteiger charge is -2.22. The highest BCUT2D eigenvalue weighted by Crippen LogP contribution is 2.17. The van der Waals surface area contributed by atoms with Gasteiger partial charge in [0.05, 0.1) is 6.61 Å². The Morgan fingerprint density at radius 3 is 3.00 bits per heavy atom. The number of benzene rings is 1. The van der Waals surface area contributed by atoms with E-state index in [0.29, 0.717) is 5.92 Å². The summed E-state index contributed by atoms with van der Waals surface area (Å²) in [5, 5.41) is 3.22. The second-order valence-electron chi connectivity index (χ2n) is 4.52. The summed E-state index contributed by atoms with van der Waals surface area (Å²) >= 11 is 4.76. The van der Waals surface area contributed by atoms with E-state index in [9.17, 15) is 4.39 Å². The van der Waals surface area contributed by atoms with Gasteiger partial charge in [-0.15, -0.1) is 0 Å². The Bertz CT molecular complexity index is 433. The first kappa shape index (κ1) is 13.2. The van der Waals surface area contributed by atoms with E-state index >= 15 is 0 Å². The SMILES string of the molecule is NC(=S)c1ccc(NCC2CCCOC2)cc1F. The van der Waals surface area contributed by atoms with Crippen LogP contribution in [0.15, 0.2) is 18.2 Å². The van der Waals surface area contributed by atoms with Crippen LogP contribution >= 0.6 is 12.2 Å². The van der Waals surface area contributed by atoms with Gasteiger partial charge in [-0.25, -0.2) is 4.39 Å². The van der Waals surface area contributed by atoms with Crippen molar-refractivity contribution in [2.45, 2.75) is 12.8 Å². The molecule has 1 saturated heterocycles. The van der Waals surface area contributed by atoms with Crippen molar-refractivity contribution < 1.29 is 9.13 Å². The van der Waals surface area contributed by atoms with E-state index in [2.05, 4.69) is 5.32 Å². The molecule has 1 fully saturated rings. The second kappa shape index (κ2) is 6.11. The monoisotopic (exact) mass is 268 g/mol. The minimum absolute atomic E-state index is 0.0831. The number of rotatable bonds is 4. The van der Waals surface area contributed by atoms with Crippen molar-refractivity contribution in [2.75, 3.05) is 25.1 Å². The molecular formula is C13H17FN2OS. The fourth-order valence-electron chi connectivity index (χ4n) is 2.06. The molecule has 2 rings (SSSR count). The van der Waals surface area contributed by atoms with Crippen molar-refractivity contribution in [1.82, 2.24) is 0 Å². The topological polar surface area (TPSA) is 47.3 Å². The summed E-state index contributed by atoms with van der Waals surface area (Å²) in [5.41, 5.74) is 6.45. The third-order valence-corrected chi connectivity index (χ3v) is 3.30. The van der Waals surface area contributed by atoms with E-state index in [0.717, 1.165) is 38.3 Å². The summed E-state index contributed by atoms with van der Waals surface area (Å²) < 4.78 is 19.0. The molecule has 0 radical (unpaired) electrons. The highest BCUT2D eigenvalue weighted by molar-refractivity contribution is 7.80. The number of hydrogen-bond acceptors (Lipinski definition) is 3. The van der Waals surface area contributed by atoms with E-state index in [4.69, 9.17) is 22.7 Å². The van der Waals surface area contributed by atoms with Crippen LogP contribution in [-0.2, 0) is 4.74 Å². The number of nitrogens with one attached hydrogen (secondary N) is 1. The minimum atomic E-state index is -0.382. The summed E-state index contributed by atoms with van der Waals surface area (Å²) in [6.45, 7) is 2.43. The summed E-state index contributed by atoms with van der Waals surface area (Å²) in [4.78, 5) is 0.0831. The smallest absolute Gasteiger partial charge is 0.135 e. The molecule has 0 bridgehead atoms. The number of ether oxygens (including phenoxy) is 1. The van der Waals surface area contributed by atoms with Crippen molar-refractivity contribution in [3.63, 3.8) is 0 Å². The number of hydrogen-bond donors (Lipinski definition) is 2. The first-order valence-electron chi connectivity index (χ1n) is 6.08. The average molecular weight is 268 g/mol. The summed E-state index contributed by atoms with van der Waals surface area (Å²) in [6.07, 6.45) is 2.25. The molecule has 3 N–H and O–H groups in total. The third kappa shape index (κ3) is 3.40. The molecule has 1 aliphatic rings. The Hall–Kier alpha value is -1.20. The number of nitrogens with two attached hydrogens (primary N) is 1. The second-order valence-corrected chi connectivity index (χ2v) is 4.96. The Morgan fingerprint density at radius 2 is 2.39 bits per heavy atom. The molecule has 0 amide bonds. The average Bonchev–Trinajstić information content (AvgIpc) is 2.37. The van der Waals surface area contributed by atoms with Crippen LogP contribution in [-0.4, -0.2) is 24.7 Å². The standard InChI is InChI=1S/C13H17FN2OS/c14-12-6-10(3-4-11(12)13(15)18)16-7-9-2-1-5-17-8-9/h3-4,6,9,16H,1-2,5,7-8H2,(H2,15,18). The van der Waals surface area contributed by atoms with Gasteiger partial charge < -0.3 is 15.8 Å². The van der Waals surface area contributed by atoms with Crippen LogP contribution in [0.5, 0.6) is 0 Å². The van der Waals surface area contributed by atoms with Crippen LogP contribution < -0.4 is 11.1 Å². The molecule has 0 aliphatic carbocycles. The van der Waals surface area contributed by atoms with E-state index in [-0.39, 0.29) is 16.4 Å². The van der Waals surface area contributed by atoms with Crippen molar-refractivity contribution in [2.24, 2.45) is 11.7 Å². The van der Waals surface area contributed by atoms with Gasteiger partial charge in [0.25, 0.3) is 0 Å². The molecule has 0 saturated carbocycles. The predicted molar refractivity (Wildman–Crippen MR) is 74.3 cm³/mol. The lowest BCUT2D eigenvalue weighted by Crippen LogP contribution is -2.24. The zero-order chi connectivity index (χ0) is 13.0. The maximum absolute atomic E-state index is 13.6. The van der Waals surface area contributed by atoms with Gasteiger partial charge in [-0.3, -0.25) is 0 Å². The zero-order valence-corrected chi connectivity index (χ0v) is 10.9. The zero-order valence-electron chi connectivity index (χ0n) is 10.1. The summed E-state index contributed by atoms with van der Waals surface area (Å²) in [7, 11) is 0. The van der Waals surface area contributed by atoms with Crippen molar-refractivity contribution in [1.29, 1.82) is 0 Å². The normalized spacial score (nSPS) is 19.5. The molecule has 3 nitrogen and oxygen atoms in total. The van der Waals surface area contributed by atoms with Gasteiger partial charge in [0.2, 0.25) is 0 Å². The molecule has 98 valence electrons. The maximum Gasteiger partial charge on any atom is 0.135 e. The largest absolute Gasteiger partial charge is 0.389 e. The van der Waals surface area contributed by atoms with Gasteiger partial charge >= 0.3 is 0 Å². The predicted octanol–water partition coefficient (Wildman–Crippen LogP) is 2.30. The van der Waals surface area contributed by atoms with Crippen molar-refractivity contribution in [3.05, 3.63) is 29.6 Å². The molecular weight excluding hydrogens is 251 g/mol. The number of halogens is 1. The quantitative estimate of drug-likeness (QED) is 0.823. The number of thiocarbonyl (C=S) groups is 1. The van der Waals surface area contributed by atoms with E-state index < -0.39 is 0 Å². The van der Waals surface area contributed by atoms with Gasteiger partial charge in [0.1, 0.15) is 10.8 Å². The molecule has 0 aromatic heterocycles. The van der Waals surface area contributed by atoms with E-state index in [1.54, 1.807) is 12.1 Å². The van der Waals surface area contributed by atoms with Crippen LogP contribution in [0.4, 0.5) is 10.1 Å². The number of anilines is 1. The highest BCUT2D eigenvalue weighted by atomic mass is 32.1. The minimum Gasteiger partial charge on any atom is -0.389 e. The third-order valence-electron chi connectivity index (χ3n) is 3.08. The molecule has 18 heavy (non-hydrogen) atoms. The molecule has 5 heteroatoms. The van der Waals surface area contributed by atoms with Crippen LogP contribution in [0, 0.1) is 11.7 Å². The fraction of sp³-hybridized carbons (Fsp3) is 0.462. The van der Waals surface area contributed by atoms with Crippen LogP contribution in [0.3, 0.4) is 0 Å². The molecule has 1 aromatic rings. The lowest BCUT2D eigenvalue weighted by atomic mass is 10.0. The van der Waals surface area contributed by atoms with Gasteiger partial charge in [0, 0.05) is 24.4 Å². The molecule has 1 atom stereocenters. The van der Waals surface area contributed by atoms with Gasteiger partial charge in [-0.05, 0) is 37.0 Å². The first-order valence-corrected chi connectivity index (χ1v) is 6.48. The maximum atomic E-state index is 13.6. The van der Waals surface area contributed by atoms with E-state index in [1.807, 2.05) is 0 Å². The van der Waals surface area contributed by atoms with Crippen molar-refractivity contribution >= 4 is 22.9 Å². The Kier molecular flexibility index (Phi) is 4.49. The van der Waals surface area contributed by atoms with Gasteiger partial charge in [-0.1, -0.05) is 12.2 Å². The van der Waals surface area contributed by atoms with E-state index in [1.165, 1.54) is 6.07 Å². The van der Waals surface area contributed by atoms with Crippen LogP contribution in [0.25, 0.3) is 0 Å². The van der Waals surface area contributed by atoms with Gasteiger partial charge in [-0.2, -0.15) is 0 Å². The van der Waals surface area contributed by atoms with Crippen LogP contribution in [0.1, 0.15) is 18.4 Å². The molecule has 1 unspecified atom stereocenters. The summed E-state index contributed by atoms with van der Waals surface area (Å²) in [5.74, 6) is 0.115. The molecule has 1 aromatic carbocycles. The molecule has 0 spiro atoms. The van der Waals surface area contributed by atoms with Crippen LogP contribution in [0.2, 0.25) is 0 Å². The Balaban J connectivity index is 1.93. The van der Waals surface area contributed by atoms with Gasteiger partial charge in [0.15, 0.2) is 0 Å². The fourth-order valence-corrected chi connectivity index (χ4v) is 2.22. The molecule has 1 aliphatic heterocycles. The lowest BCUT2D eigenvalue weighted by molar-refractivity contribution is 0.0595. The Morgan fingerprint density at radius 1 is 1.56 bits per heavy atom. The first-order chi connectivity index (χ1) is 8.66. The Labute approximate surface area is 112 Å².